The van der Waals surface area contributed by atoms with Crippen molar-refractivity contribution in [2.45, 2.75) is 36.3 Å². The van der Waals surface area contributed by atoms with Gasteiger partial charge in [0.2, 0.25) is 5.89 Å². The second-order valence-corrected chi connectivity index (χ2v) is 5.90. The number of aryl methyl sites for hydroxylation is 1. The van der Waals surface area contributed by atoms with E-state index in [9.17, 15) is 4.79 Å². The van der Waals surface area contributed by atoms with Gasteiger partial charge < -0.3 is 9.63 Å². The van der Waals surface area contributed by atoms with Crippen molar-refractivity contribution in [3.8, 4) is 0 Å². The Hall–Kier alpha value is -1.41. The van der Waals surface area contributed by atoms with E-state index in [-0.39, 0.29) is 6.42 Å². The van der Waals surface area contributed by atoms with Gasteiger partial charge in [0.25, 0.3) is 0 Å². The van der Waals surface area contributed by atoms with Crippen LogP contribution in [0, 0.1) is 0 Å². The molecular formula is C11H13N3O3S2. The maximum absolute atomic E-state index is 10.5. The zero-order valence-corrected chi connectivity index (χ0v) is 12.0. The number of carboxylic acid groups (broad SMARTS) is 1. The second-order valence-electron chi connectivity index (χ2n) is 3.82. The number of aliphatic carboxylic acids is 1. The van der Waals surface area contributed by atoms with Crippen molar-refractivity contribution < 1.29 is 14.4 Å². The highest BCUT2D eigenvalue weighted by atomic mass is 32.2. The lowest BCUT2D eigenvalue weighted by Gasteiger charge is -1.91. The summed E-state index contributed by atoms with van der Waals surface area (Å²) in [6.07, 6.45) is 1.75. The molecule has 0 amide bonds. The molecule has 8 heteroatoms. The van der Waals surface area contributed by atoms with Crippen LogP contribution in [0.3, 0.4) is 0 Å². The number of aromatic nitrogens is 3. The lowest BCUT2D eigenvalue weighted by molar-refractivity contribution is -0.136. The first-order chi connectivity index (χ1) is 9.17. The van der Waals surface area contributed by atoms with Crippen LogP contribution in [-0.4, -0.2) is 26.2 Å². The molecule has 102 valence electrons. The molecular weight excluding hydrogens is 286 g/mol. The molecule has 2 aromatic heterocycles. The molecule has 0 aliphatic carbocycles. The molecule has 0 aromatic carbocycles. The van der Waals surface area contributed by atoms with Crippen molar-refractivity contribution in [1.29, 1.82) is 0 Å². The van der Waals surface area contributed by atoms with Crippen molar-refractivity contribution in [2.24, 2.45) is 0 Å². The average Bonchev–Trinajstić information content (AvgIpc) is 2.96. The number of rotatable bonds is 7. The molecule has 6 nitrogen and oxygen atoms in total. The van der Waals surface area contributed by atoms with E-state index in [0.29, 0.717) is 17.3 Å². The quantitative estimate of drug-likeness (QED) is 0.785. The molecule has 0 saturated heterocycles. The molecule has 0 aliphatic rings. The monoisotopic (exact) mass is 299 g/mol. The first kappa shape index (κ1) is 14.0. The van der Waals surface area contributed by atoms with Gasteiger partial charge >= 0.3 is 5.97 Å². The predicted molar refractivity (Wildman–Crippen MR) is 71.3 cm³/mol. The maximum Gasteiger partial charge on any atom is 0.309 e. The molecule has 0 radical (unpaired) electrons. The average molecular weight is 299 g/mol. The van der Waals surface area contributed by atoms with Crippen LogP contribution >= 0.6 is 23.1 Å². The highest BCUT2D eigenvalue weighted by Crippen LogP contribution is 2.25. The van der Waals surface area contributed by atoms with Gasteiger partial charge in [-0.2, -0.15) is 4.98 Å². The summed E-state index contributed by atoms with van der Waals surface area (Å²) in [4.78, 5) is 19.0. The summed E-state index contributed by atoms with van der Waals surface area (Å²) in [6, 6.07) is 0. The third-order valence-electron chi connectivity index (χ3n) is 2.17. The molecule has 0 unspecified atom stereocenters. The van der Waals surface area contributed by atoms with Crippen molar-refractivity contribution in [1.82, 2.24) is 15.1 Å². The van der Waals surface area contributed by atoms with E-state index < -0.39 is 5.97 Å². The Kier molecular flexibility index (Phi) is 4.92. The summed E-state index contributed by atoms with van der Waals surface area (Å²) in [6.45, 7) is 2.06. The summed E-state index contributed by atoms with van der Waals surface area (Å²) in [7, 11) is 0. The Labute approximate surface area is 118 Å². The van der Waals surface area contributed by atoms with Crippen LogP contribution in [0.25, 0.3) is 0 Å². The fourth-order valence-corrected chi connectivity index (χ4v) is 3.07. The normalized spacial score (nSPS) is 10.8. The van der Waals surface area contributed by atoms with Gasteiger partial charge in [0.05, 0.1) is 17.9 Å². The molecule has 2 aromatic rings. The molecule has 0 saturated carbocycles. The fourth-order valence-electron chi connectivity index (χ4n) is 1.39. The Morgan fingerprint density at radius 3 is 3.11 bits per heavy atom. The smallest absolute Gasteiger partial charge is 0.309 e. The van der Waals surface area contributed by atoms with E-state index in [1.807, 2.05) is 0 Å². The predicted octanol–water partition coefficient (Wildman–Crippen LogP) is 2.40. The summed E-state index contributed by atoms with van der Waals surface area (Å²) in [5, 5.41) is 14.3. The Bertz CT molecular complexity index is 553. The van der Waals surface area contributed by atoms with Crippen LogP contribution in [0.1, 0.15) is 30.8 Å². The van der Waals surface area contributed by atoms with Gasteiger partial charge in [-0.05, 0) is 6.42 Å². The molecule has 2 heterocycles. The van der Waals surface area contributed by atoms with Crippen LogP contribution < -0.4 is 0 Å². The highest BCUT2D eigenvalue weighted by Gasteiger charge is 2.10. The third-order valence-corrected chi connectivity index (χ3v) is 4.22. The molecule has 1 N–H and O–H groups in total. The van der Waals surface area contributed by atoms with Crippen LogP contribution in [0.15, 0.2) is 14.2 Å². The number of carbonyl (C=O) groups is 1. The topological polar surface area (TPSA) is 89.1 Å². The lowest BCUT2D eigenvalue weighted by atomic mass is 10.3. The summed E-state index contributed by atoms with van der Waals surface area (Å²) in [5.74, 6) is 0.978. The number of thioether (sulfide) groups is 1. The van der Waals surface area contributed by atoms with Gasteiger partial charge in [0.1, 0.15) is 0 Å². The molecule has 0 aliphatic heterocycles. The summed E-state index contributed by atoms with van der Waals surface area (Å²) >= 11 is 2.90. The number of thiazole rings is 1. The zero-order chi connectivity index (χ0) is 13.7. The molecule has 2 rings (SSSR count). The van der Waals surface area contributed by atoms with Gasteiger partial charge in [-0.15, -0.1) is 11.3 Å². The van der Waals surface area contributed by atoms with Gasteiger partial charge in [0.15, 0.2) is 10.2 Å². The summed E-state index contributed by atoms with van der Waals surface area (Å²) < 4.78 is 5.92. The number of carboxylic acids is 1. The minimum atomic E-state index is -0.872. The van der Waals surface area contributed by atoms with Crippen LogP contribution in [0.4, 0.5) is 0 Å². The van der Waals surface area contributed by atoms with E-state index in [4.69, 9.17) is 9.63 Å². The Balaban J connectivity index is 1.87. The van der Waals surface area contributed by atoms with Crippen molar-refractivity contribution in [3.05, 3.63) is 22.8 Å². The van der Waals surface area contributed by atoms with Crippen LogP contribution in [-0.2, 0) is 23.4 Å². The van der Waals surface area contributed by atoms with Crippen LogP contribution in [0.2, 0.25) is 0 Å². The highest BCUT2D eigenvalue weighted by molar-refractivity contribution is 8.00. The van der Waals surface area contributed by atoms with Crippen molar-refractivity contribution >= 4 is 29.1 Å². The first-order valence-electron chi connectivity index (χ1n) is 5.78. The van der Waals surface area contributed by atoms with Gasteiger partial charge in [0, 0.05) is 11.8 Å². The van der Waals surface area contributed by atoms with E-state index >= 15 is 0 Å². The van der Waals surface area contributed by atoms with Gasteiger partial charge in [-0.3, -0.25) is 4.79 Å². The maximum atomic E-state index is 10.5. The largest absolute Gasteiger partial charge is 0.481 e. The van der Waals surface area contributed by atoms with E-state index in [2.05, 4.69) is 22.0 Å². The van der Waals surface area contributed by atoms with E-state index in [0.717, 1.165) is 23.0 Å². The van der Waals surface area contributed by atoms with Crippen molar-refractivity contribution in [2.75, 3.05) is 0 Å². The number of hydrogen-bond donors (Lipinski definition) is 1. The minimum Gasteiger partial charge on any atom is -0.481 e. The molecule has 0 atom stereocenters. The Morgan fingerprint density at radius 1 is 1.53 bits per heavy atom. The number of hydrogen-bond acceptors (Lipinski definition) is 7. The molecule has 0 spiro atoms. The summed E-state index contributed by atoms with van der Waals surface area (Å²) in [5.41, 5.74) is 0.581. The fraction of sp³-hybridized carbons (Fsp3) is 0.455. The molecule has 0 fully saturated rings. The minimum absolute atomic E-state index is 0.0434. The SMILES string of the molecule is CCCc1noc(CSc2nc(CC(=O)O)cs2)n1. The molecule has 19 heavy (non-hydrogen) atoms. The van der Waals surface area contributed by atoms with E-state index in [1.165, 1.54) is 23.1 Å². The Morgan fingerprint density at radius 2 is 2.37 bits per heavy atom. The van der Waals surface area contributed by atoms with Crippen molar-refractivity contribution in [3.63, 3.8) is 0 Å². The second kappa shape index (κ2) is 6.67. The zero-order valence-electron chi connectivity index (χ0n) is 10.3. The molecule has 0 bridgehead atoms. The first-order valence-corrected chi connectivity index (χ1v) is 7.64. The standard InChI is InChI=1S/C11H13N3O3S2/c1-2-3-8-13-9(17-14-8)6-19-11-12-7(5-18-11)4-10(15)16/h5H,2-4,6H2,1H3,(H,15,16). The van der Waals surface area contributed by atoms with Gasteiger partial charge in [-0.1, -0.05) is 23.8 Å². The van der Waals surface area contributed by atoms with E-state index in [1.54, 1.807) is 5.38 Å². The lowest BCUT2D eigenvalue weighted by Crippen LogP contribution is -1.99. The van der Waals surface area contributed by atoms with Crippen LogP contribution in [0.5, 0.6) is 0 Å². The third kappa shape index (κ3) is 4.32. The van der Waals surface area contributed by atoms with Gasteiger partial charge in [-0.25, -0.2) is 4.98 Å². The number of nitrogens with zero attached hydrogens (tertiary/aromatic N) is 3.